The van der Waals surface area contributed by atoms with Crippen molar-refractivity contribution in [1.82, 2.24) is 19.5 Å². The molecule has 1 unspecified atom stereocenters. The van der Waals surface area contributed by atoms with Crippen molar-refractivity contribution in [3.8, 4) is 23.1 Å². The average molecular weight is 489 g/mol. The van der Waals surface area contributed by atoms with E-state index in [1.54, 1.807) is 32.8 Å². The van der Waals surface area contributed by atoms with Crippen molar-refractivity contribution in [2.24, 2.45) is 5.73 Å². The Labute approximate surface area is 208 Å². The van der Waals surface area contributed by atoms with E-state index < -0.39 is 0 Å². The summed E-state index contributed by atoms with van der Waals surface area (Å²) < 4.78 is 25.2. The third kappa shape index (κ3) is 4.03. The third-order valence-electron chi connectivity index (χ3n) is 6.55. The predicted octanol–water partition coefficient (Wildman–Crippen LogP) is 2.94. The van der Waals surface area contributed by atoms with Gasteiger partial charge in [-0.3, -0.25) is 0 Å². The highest BCUT2D eigenvalue weighted by atomic mass is 16.6. The summed E-state index contributed by atoms with van der Waals surface area (Å²) >= 11 is 0. The lowest BCUT2D eigenvalue weighted by atomic mass is 9.93. The van der Waals surface area contributed by atoms with Gasteiger partial charge in [-0.15, -0.1) is 0 Å². The number of hydrogen-bond acceptors (Lipinski definition) is 9. The molecule has 0 saturated carbocycles. The number of nitrogens with two attached hydrogens (primary N) is 1. The summed E-state index contributed by atoms with van der Waals surface area (Å²) in [7, 11) is 3.21. The molecule has 1 fully saturated rings. The van der Waals surface area contributed by atoms with Gasteiger partial charge in [0.15, 0.2) is 23.3 Å². The van der Waals surface area contributed by atoms with E-state index in [1.165, 1.54) is 0 Å². The highest BCUT2D eigenvalue weighted by Gasteiger charge is 2.35. The van der Waals surface area contributed by atoms with Crippen LogP contribution in [0.5, 0.6) is 23.1 Å². The van der Waals surface area contributed by atoms with Gasteiger partial charge in [0.05, 0.1) is 39.0 Å². The molecule has 1 atom stereocenters. The molecule has 2 aliphatic heterocycles. The summed E-state index contributed by atoms with van der Waals surface area (Å²) in [6, 6.07) is 9.72. The van der Waals surface area contributed by atoms with E-state index >= 15 is 0 Å². The summed E-state index contributed by atoms with van der Waals surface area (Å²) in [5, 5.41) is 0. The number of benzene rings is 1. The van der Waals surface area contributed by atoms with Crippen LogP contribution in [0.25, 0.3) is 11.2 Å². The van der Waals surface area contributed by atoms with Gasteiger partial charge in [-0.2, -0.15) is 0 Å². The zero-order valence-corrected chi connectivity index (χ0v) is 20.5. The van der Waals surface area contributed by atoms with E-state index in [9.17, 15) is 0 Å². The van der Waals surface area contributed by atoms with Gasteiger partial charge in [-0.05, 0) is 36.8 Å². The van der Waals surface area contributed by atoms with Crippen molar-refractivity contribution in [3.63, 3.8) is 0 Å². The Morgan fingerprint density at radius 1 is 1.08 bits per heavy atom. The largest absolute Gasteiger partial charge is 0.493 e. The Morgan fingerprint density at radius 3 is 2.67 bits per heavy atom. The van der Waals surface area contributed by atoms with Crippen LogP contribution >= 0.6 is 0 Å². The van der Waals surface area contributed by atoms with Crippen LogP contribution in [0, 0.1) is 0 Å². The number of anilines is 1. The minimum atomic E-state index is -0.296. The van der Waals surface area contributed by atoms with Gasteiger partial charge in [0, 0.05) is 36.5 Å². The van der Waals surface area contributed by atoms with Crippen LogP contribution in [0.1, 0.15) is 24.2 Å². The van der Waals surface area contributed by atoms with Gasteiger partial charge in [-0.25, -0.2) is 15.0 Å². The molecule has 5 heterocycles. The molecule has 0 aliphatic carbocycles. The second-order valence-corrected chi connectivity index (χ2v) is 9.60. The summed E-state index contributed by atoms with van der Waals surface area (Å²) in [6.45, 7) is 4.61. The highest BCUT2D eigenvalue weighted by molar-refractivity contribution is 5.76. The smallest absolute Gasteiger partial charge is 0.212 e. The molecule has 6 rings (SSSR count). The topological polar surface area (TPSA) is 110 Å². The van der Waals surface area contributed by atoms with Gasteiger partial charge in [0.2, 0.25) is 11.6 Å². The molecule has 1 saturated heterocycles. The Bertz CT molecular complexity index is 1390. The van der Waals surface area contributed by atoms with Crippen LogP contribution in [-0.4, -0.2) is 59.0 Å². The minimum Gasteiger partial charge on any atom is -0.493 e. The fraction of sp³-hybridized carbons (Fsp3) is 0.346. The van der Waals surface area contributed by atoms with Crippen molar-refractivity contribution >= 4 is 16.9 Å². The number of imidazole rings is 1. The molecule has 2 N–H and O–H groups in total. The molecule has 2 aliphatic rings. The SMILES string of the molecule is COc1ccc(C2COc3cc(Cn4cnc5cc(N6CC(C)(N)C6)cnc54)cc(OC)c3O2)cn1. The first-order valence-corrected chi connectivity index (χ1v) is 11.8. The molecular weight excluding hydrogens is 460 g/mol. The first-order valence-electron chi connectivity index (χ1n) is 11.8. The van der Waals surface area contributed by atoms with Gasteiger partial charge in [0.25, 0.3) is 0 Å². The van der Waals surface area contributed by atoms with E-state index in [-0.39, 0.29) is 11.6 Å². The number of fused-ring (bicyclic) bond motifs is 2. The number of rotatable bonds is 6. The summed E-state index contributed by atoms with van der Waals surface area (Å²) in [5.41, 5.74) is 10.6. The molecule has 4 aromatic rings. The second kappa shape index (κ2) is 8.56. The normalized spacial score (nSPS) is 18.1. The summed E-state index contributed by atoms with van der Waals surface area (Å²) in [5.74, 6) is 2.38. The van der Waals surface area contributed by atoms with E-state index in [1.807, 2.05) is 29.0 Å². The lowest BCUT2D eigenvalue weighted by Crippen LogP contribution is -2.65. The fourth-order valence-electron chi connectivity index (χ4n) is 4.74. The number of aromatic nitrogens is 4. The maximum Gasteiger partial charge on any atom is 0.212 e. The Hall–Kier alpha value is -4.05. The van der Waals surface area contributed by atoms with Crippen LogP contribution < -0.4 is 29.6 Å². The Kier molecular flexibility index (Phi) is 5.33. The first-order chi connectivity index (χ1) is 17.4. The standard InChI is InChI=1S/C26H28N6O4/c1-26(27)13-32(14-26)18-8-19-25(29-10-18)31(15-30-19)11-16-6-20(33-2)24-21(7-16)35-12-22(36-24)17-4-5-23(34-3)28-9-17/h4-10,15,22H,11-14,27H2,1-3H3. The fourth-order valence-corrected chi connectivity index (χ4v) is 4.74. The third-order valence-corrected chi connectivity index (χ3v) is 6.55. The van der Waals surface area contributed by atoms with Crippen molar-refractivity contribution in [2.45, 2.75) is 25.1 Å². The molecule has 186 valence electrons. The van der Waals surface area contributed by atoms with Crippen molar-refractivity contribution in [3.05, 3.63) is 60.2 Å². The first kappa shape index (κ1) is 22.4. The van der Waals surface area contributed by atoms with Crippen molar-refractivity contribution in [2.75, 3.05) is 38.8 Å². The maximum absolute atomic E-state index is 6.26. The van der Waals surface area contributed by atoms with Crippen LogP contribution in [0.3, 0.4) is 0 Å². The van der Waals surface area contributed by atoms with Crippen molar-refractivity contribution in [1.29, 1.82) is 0 Å². The number of nitrogens with zero attached hydrogens (tertiary/aromatic N) is 5. The Morgan fingerprint density at radius 2 is 1.94 bits per heavy atom. The Balaban J connectivity index is 1.23. The number of hydrogen-bond donors (Lipinski definition) is 1. The van der Waals surface area contributed by atoms with Gasteiger partial charge in [-0.1, -0.05) is 0 Å². The molecule has 10 heteroatoms. The number of pyridine rings is 2. The summed E-state index contributed by atoms with van der Waals surface area (Å²) in [4.78, 5) is 15.8. The minimum absolute atomic E-state index is 0.142. The molecule has 0 amide bonds. The van der Waals surface area contributed by atoms with Crippen molar-refractivity contribution < 1.29 is 18.9 Å². The molecule has 3 aromatic heterocycles. The van der Waals surface area contributed by atoms with E-state index in [2.05, 4.69) is 32.8 Å². The molecule has 1 aromatic carbocycles. The van der Waals surface area contributed by atoms with Crippen LogP contribution in [-0.2, 0) is 6.54 Å². The monoisotopic (exact) mass is 488 g/mol. The highest BCUT2D eigenvalue weighted by Crippen LogP contribution is 2.44. The molecular formula is C26H28N6O4. The van der Waals surface area contributed by atoms with E-state index in [0.29, 0.717) is 36.3 Å². The van der Waals surface area contributed by atoms with E-state index in [4.69, 9.17) is 24.7 Å². The van der Waals surface area contributed by atoms with E-state index in [0.717, 1.165) is 41.1 Å². The molecule has 36 heavy (non-hydrogen) atoms. The quantitative estimate of drug-likeness (QED) is 0.438. The van der Waals surface area contributed by atoms with Crippen LogP contribution in [0.2, 0.25) is 0 Å². The zero-order chi connectivity index (χ0) is 24.9. The number of methoxy groups -OCH3 is 2. The summed E-state index contributed by atoms with van der Waals surface area (Å²) in [6.07, 6.45) is 5.13. The molecule has 0 bridgehead atoms. The lowest BCUT2D eigenvalue weighted by Gasteiger charge is -2.46. The zero-order valence-electron chi connectivity index (χ0n) is 20.5. The second-order valence-electron chi connectivity index (χ2n) is 9.60. The predicted molar refractivity (Wildman–Crippen MR) is 134 cm³/mol. The maximum atomic E-state index is 6.26. The van der Waals surface area contributed by atoms with Crippen LogP contribution in [0.15, 0.2) is 49.1 Å². The average Bonchev–Trinajstić information content (AvgIpc) is 3.28. The number of ether oxygens (including phenoxy) is 4. The van der Waals surface area contributed by atoms with Crippen LogP contribution in [0.4, 0.5) is 5.69 Å². The molecule has 10 nitrogen and oxygen atoms in total. The van der Waals surface area contributed by atoms with Gasteiger partial charge in [0.1, 0.15) is 12.1 Å². The lowest BCUT2D eigenvalue weighted by molar-refractivity contribution is 0.0867. The molecule has 0 spiro atoms. The molecule has 0 radical (unpaired) electrons. The van der Waals surface area contributed by atoms with Gasteiger partial charge >= 0.3 is 0 Å². The van der Waals surface area contributed by atoms with Gasteiger partial charge < -0.3 is 34.1 Å².